The highest BCUT2D eigenvalue weighted by Gasteiger charge is 2.39. The van der Waals surface area contributed by atoms with E-state index in [-0.39, 0.29) is 17.4 Å². The van der Waals surface area contributed by atoms with Gasteiger partial charge in [0.1, 0.15) is 6.04 Å². The molecule has 0 unspecified atom stereocenters. The zero-order valence-corrected chi connectivity index (χ0v) is 15.7. The maximum Gasteiger partial charge on any atom is 0.453 e. The third-order valence-electron chi connectivity index (χ3n) is 4.42. The van der Waals surface area contributed by atoms with E-state index in [4.69, 9.17) is 16.3 Å². The van der Waals surface area contributed by atoms with Gasteiger partial charge in [0.05, 0.1) is 7.11 Å². The minimum Gasteiger partial charge on any atom is -0.504 e. The normalized spacial score (nSPS) is 16.0. The van der Waals surface area contributed by atoms with Crippen LogP contribution in [-0.2, 0) is 6.18 Å². The first-order valence-corrected chi connectivity index (χ1v) is 8.79. The van der Waals surface area contributed by atoms with E-state index < -0.39 is 18.0 Å². The van der Waals surface area contributed by atoms with Gasteiger partial charge in [-0.05, 0) is 41.5 Å². The summed E-state index contributed by atoms with van der Waals surface area (Å²) in [5.41, 5.74) is 1.76. The highest BCUT2D eigenvalue weighted by molar-refractivity contribution is 6.30. The predicted molar refractivity (Wildman–Crippen MR) is 101 cm³/mol. The smallest absolute Gasteiger partial charge is 0.453 e. The quantitative estimate of drug-likeness (QED) is 0.639. The number of phenols is 1. The van der Waals surface area contributed by atoms with Crippen LogP contribution in [0.15, 0.2) is 48.5 Å². The van der Waals surface area contributed by atoms with Crippen molar-refractivity contribution in [2.45, 2.75) is 12.2 Å². The fraction of sp³-hybridized carbons (Fsp3) is 0.158. The van der Waals surface area contributed by atoms with Crippen LogP contribution in [0.3, 0.4) is 0 Å². The number of ether oxygens (including phenoxy) is 1. The van der Waals surface area contributed by atoms with Crippen molar-refractivity contribution in [3.63, 3.8) is 0 Å². The SMILES string of the molecule is COc1ccc([C@H]2C=C(c3ccc(Cl)cc3)Nc3nc(C(F)(F)F)nn32)cc1O. The van der Waals surface area contributed by atoms with Crippen molar-refractivity contribution < 1.29 is 23.0 Å². The molecule has 2 N–H and O–H groups in total. The van der Waals surface area contributed by atoms with Crippen LogP contribution in [0.1, 0.15) is 23.0 Å². The van der Waals surface area contributed by atoms with Crippen molar-refractivity contribution in [3.8, 4) is 11.5 Å². The number of benzene rings is 2. The van der Waals surface area contributed by atoms with Crippen LogP contribution >= 0.6 is 11.6 Å². The third kappa shape index (κ3) is 3.61. The molecule has 1 atom stereocenters. The van der Waals surface area contributed by atoms with Crippen LogP contribution < -0.4 is 10.1 Å². The average molecular weight is 423 g/mol. The maximum atomic E-state index is 13.2. The Bertz CT molecular complexity index is 1090. The van der Waals surface area contributed by atoms with Crippen molar-refractivity contribution in [1.82, 2.24) is 14.8 Å². The van der Waals surface area contributed by atoms with Gasteiger partial charge in [-0.3, -0.25) is 0 Å². The molecule has 4 rings (SSSR count). The van der Waals surface area contributed by atoms with E-state index in [1.54, 1.807) is 36.4 Å². The first-order valence-electron chi connectivity index (χ1n) is 8.41. The number of nitrogens with zero attached hydrogens (tertiary/aromatic N) is 3. The van der Waals surface area contributed by atoms with E-state index in [0.29, 0.717) is 21.8 Å². The van der Waals surface area contributed by atoms with E-state index in [1.807, 2.05) is 0 Å². The van der Waals surface area contributed by atoms with Crippen LogP contribution in [0, 0.1) is 0 Å². The van der Waals surface area contributed by atoms with E-state index in [9.17, 15) is 18.3 Å². The highest BCUT2D eigenvalue weighted by Crippen LogP contribution is 2.38. The van der Waals surface area contributed by atoms with E-state index in [2.05, 4.69) is 15.4 Å². The molecule has 3 aromatic rings. The molecule has 0 aliphatic carbocycles. The van der Waals surface area contributed by atoms with Gasteiger partial charge in [0.15, 0.2) is 11.5 Å². The molecule has 1 aliphatic rings. The Morgan fingerprint density at radius 1 is 1.17 bits per heavy atom. The second kappa shape index (κ2) is 7.00. The lowest BCUT2D eigenvalue weighted by atomic mass is 10.0. The number of aromatic nitrogens is 3. The number of nitrogens with one attached hydrogen (secondary N) is 1. The molecular weight excluding hydrogens is 409 g/mol. The summed E-state index contributed by atoms with van der Waals surface area (Å²) < 4.78 is 45.7. The van der Waals surface area contributed by atoms with Crippen LogP contribution in [0.5, 0.6) is 11.5 Å². The van der Waals surface area contributed by atoms with Crippen molar-refractivity contribution in [1.29, 1.82) is 0 Å². The number of rotatable bonds is 3. The van der Waals surface area contributed by atoms with Crippen LogP contribution in [0.2, 0.25) is 5.02 Å². The molecule has 150 valence electrons. The molecule has 0 radical (unpaired) electrons. The van der Waals surface area contributed by atoms with Gasteiger partial charge in [-0.15, -0.1) is 5.10 Å². The fourth-order valence-corrected chi connectivity index (χ4v) is 3.17. The number of hydrogen-bond donors (Lipinski definition) is 2. The van der Waals surface area contributed by atoms with Gasteiger partial charge >= 0.3 is 6.18 Å². The highest BCUT2D eigenvalue weighted by atomic mass is 35.5. The molecule has 10 heteroatoms. The van der Waals surface area contributed by atoms with Gasteiger partial charge < -0.3 is 15.2 Å². The Kier molecular flexibility index (Phi) is 4.62. The minimum absolute atomic E-state index is 0.0647. The Labute approximate surface area is 168 Å². The molecule has 6 nitrogen and oxygen atoms in total. The number of hydrogen-bond acceptors (Lipinski definition) is 5. The van der Waals surface area contributed by atoms with Gasteiger partial charge in [-0.1, -0.05) is 29.8 Å². The Morgan fingerprint density at radius 3 is 2.52 bits per heavy atom. The lowest BCUT2D eigenvalue weighted by Crippen LogP contribution is -2.20. The zero-order chi connectivity index (χ0) is 20.8. The molecular formula is C19H14ClF3N4O2. The molecule has 29 heavy (non-hydrogen) atoms. The first kappa shape index (κ1) is 19.1. The molecule has 0 saturated carbocycles. The largest absolute Gasteiger partial charge is 0.504 e. The molecule has 0 bridgehead atoms. The van der Waals surface area contributed by atoms with E-state index in [1.165, 1.54) is 19.2 Å². The Balaban J connectivity index is 1.84. The van der Waals surface area contributed by atoms with E-state index in [0.717, 1.165) is 4.68 Å². The average Bonchev–Trinajstić information content (AvgIpc) is 3.12. The van der Waals surface area contributed by atoms with Gasteiger partial charge in [-0.2, -0.15) is 18.2 Å². The molecule has 2 heterocycles. The second-order valence-electron chi connectivity index (χ2n) is 6.29. The van der Waals surface area contributed by atoms with Crippen molar-refractivity contribution in [3.05, 3.63) is 70.5 Å². The van der Waals surface area contributed by atoms with Gasteiger partial charge in [0, 0.05) is 10.7 Å². The van der Waals surface area contributed by atoms with E-state index >= 15 is 0 Å². The van der Waals surface area contributed by atoms with Crippen LogP contribution in [-0.4, -0.2) is 27.0 Å². The number of allylic oxidation sites excluding steroid dienone is 1. The lowest BCUT2D eigenvalue weighted by molar-refractivity contribution is -0.145. The summed E-state index contributed by atoms with van der Waals surface area (Å²) in [4.78, 5) is 3.61. The summed E-state index contributed by atoms with van der Waals surface area (Å²) in [7, 11) is 1.41. The summed E-state index contributed by atoms with van der Waals surface area (Å²) in [6, 6.07) is 10.7. The number of anilines is 1. The number of alkyl halides is 3. The number of phenolic OH excluding ortho intramolecular Hbond substituents is 1. The number of halogens is 4. The lowest BCUT2D eigenvalue weighted by Gasteiger charge is -2.24. The number of fused-ring (bicyclic) bond motifs is 1. The fourth-order valence-electron chi connectivity index (χ4n) is 3.04. The third-order valence-corrected chi connectivity index (χ3v) is 4.67. The molecule has 2 aromatic carbocycles. The minimum atomic E-state index is -4.70. The molecule has 1 aliphatic heterocycles. The predicted octanol–water partition coefficient (Wildman–Crippen LogP) is 4.72. The monoisotopic (exact) mass is 422 g/mol. The van der Waals surface area contributed by atoms with Gasteiger partial charge in [0.25, 0.3) is 5.82 Å². The summed E-state index contributed by atoms with van der Waals surface area (Å²) in [5.74, 6) is -1.21. The van der Waals surface area contributed by atoms with Crippen LogP contribution in [0.25, 0.3) is 5.70 Å². The Morgan fingerprint density at radius 2 is 1.90 bits per heavy atom. The van der Waals surface area contributed by atoms with Crippen molar-refractivity contribution in [2.24, 2.45) is 0 Å². The maximum absolute atomic E-state index is 13.2. The molecule has 0 saturated heterocycles. The summed E-state index contributed by atoms with van der Waals surface area (Å²) in [6.45, 7) is 0. The summed E-state index contributed by atoms with van der Waals surface area (Å²) >= 11 is 5.92. The first-order chi connectivity index (χ1) is 13.8. The topological polar surface area (TPSA) is 72.2 Å². The summed E-state index contributed by atoms with van der Waals surface area (Å²) in [5, 5.41) is 17.2. The second-order valence-corrected chi connectivity index (χ2v) is 6.73. The molecule has 0 spiro atoms. The Hall–Kier alpha value is -3.20. The number of methoxy groups -OCH3 is 1. The zero-order valence-electron chi connectivity index (χ0n) is 14.9. The standard InChI is InChI=1S/C19H14ClF3N4O2/c1-29-16-7-4-11(8-15(16)28)14-9-13(10-2-5-12(20)6-3-10)24-18-25-17(19(21,22)23)26-27(14)18/h2-9,14,28H,1H3,(H,24,25,26)/t14-/m1/s1. The number of aromatic hydroxyl groups is 1. The van der Waals surface area contributed by atoms with Crippen molar-refractivity contribution >= 4 is 23.2 Å². The van der Waals surface area contributed by atoms with Gasteiger partial charge in [-0.25, -0.2) is 4.68 Å². The van der Waals surface area contributed by atoms with Gasteiger partial charge in [0.2, 0.25) is 5.95 Å². The summed E-state index contributed by atoms with van der Waals surface area (Å²) in [6.07, 6.45) is -2.99. The van der Waals surface area contributed by atoms with Crippen LogP contribution in [0.4, 0.5) is 19.1 Å². The van der Waals surface area contributed by atoms with Crippen molar-refractivity contribution in [2.75, 3.05) is 12.4 Å². The molecule has 0 fully saturated rings. The molecule has 0 amide bonds. The molecule has 1 aromatic heterocycles.